The number of alkyl halides is 3. The van der Waals surface area contributed by atoms with Crippen LogP contribution in [0.2, 0.25) is 0 Å². The monoisotopic (exact) mass is 471 g/mol. The zero-order valence-electron chi connectivity index (χ0n) is 16.8. The Morgan fingerprint density at radius 2 is 1.79 bits per heavy atom. The summed E-state index contributed by atoms with van der Waals surface area (Å²) in [6.07, 6.45) is -4.53. The second-order valence-corrected chi connectivity index (χ2v) is 7.37. The van der Waals surface area contributed by atoms with Crippen molar-refractivity contribution >= 4 is 11.7 Å². The van der Waals surface area contributed by atoms with E-state index in [9.17, 15) is 31.1 Å². The fourth-order valence-electron chi connectivity index (χ4n) is 3.51. The molecule has 2 amide bonds. The van der Waals surface area contributed by atoms with Crippen LogP contribution in [0.1, 0.15) is 18.2 Å². The van der Waals surface area contributed by atoms with Crippen molar-refractivity contribution < 1.29 is 40.4 Å². The van der Waals surface area contributed by atoms with E-state index in [4.69, 9.17) is 4.52 Å². The SMILES string of the molecule is CC1Cc2noc(-c3ccc(OC(F)(F)F)cc3)c2CN1C(=O)Nc1cc(F)c(F)c(F)c1. The van der Waals surface area contributed by atoms with Gasteiger partial charge in [-0.1, -0.05) is 5.16 Å². The highest BCUT2D eigenvalue weighted by atomic mass is 19.4. The molecule has 0 aliphatic carbocycles. The van der Waals surface area contributed by atoms with Crippen LogP contribution < -0.4 is 10.1 Å². The largest absolute Gasteiger partial charge is 0.573 e. The first-order valence-electron chi connectivity index (χ1n) is 9.57. The zero-order chi connectivity index (χ0) is 23.9. The number of nitrogens with one attached hydrogen (secondary N) is 1. The average Bonchev–Trinajstić information content (AvgIpc) is 3.13. The Bertz CT molecular complexity index is 1170. The van der Waals surface area contributed by atoms with Gasteiger partial charge in [0, 0.05) is 41.4 Å². The van der Waals surface area contributed by atoms with Gasteiger partial charge in [-0.3, -0.25) is 0 Å². The van der Waals surface area contributed by atoms with Gasteiger partial charge in [-0.05, 0) is 31.2 Å². The molecular weight excluding hydrogens is 456 g/mol. The van der Waals surface area contributed by atoms with E-state index in [1.54, 1.807) is 6.92 Å². The Kier molecular flexibility index (Phi) is 5.68. The van der Waals surface area contributed by atoms with Gasteiger partial charge in [0.1, 0.15) is 5.75 Å². The number of hydrogen-bond donors (Lipinski definition) is 1. The molecule has 0 saturated heterocycles. The molecule has 174 valence electrons. The summed E-state index contributed by atoms with van der Waals surface area (Å²) in [4.78, 5) is 14.1. The Morgan fingerprint density at radius 1 is 1.15 bits per heavy atom. The van der Waals surface area contributed by atoms with Crippen molar-refractivity contribution in [2.75, 3.05) is 5.32 Å². The lowest BCUT2D eigenvalue weighted by Gasteiger charge is -2.32. The molecule has 4 rings (SSSR count). The minimum absolute atomic E-state index is 0.00806. The lowest BCUT2D eigenvalue weighted by Crippen LogP contribution is -2.44. The topological polar surface area (TPSA) is 67.6 Å². The first kappa shape index (κ1) is 22.5. The van der Waals surface area contributed by atoms with Crippen molar-refractivity contribution in [3.05, 3.63) is 65.1 Å². The van der Waals surface area contributed by atoms with Crippen LogP contribution in [0.25, 0.3) is 11.3 Å². The highest BCUT2D eigenvalue weighted by Crippen LogP contribution is 2.34. The number of fused-ring (bicyclic) bond motifs is 1. The van der Waals surface area contributed by atoms with Crippen LogP contribution in [0, 0.1) is 17.5 Å². The molecule has 0 spiro atoms. The highest BCUT2D eigenvalue weighted by Gasteiger charge is 2.33. The second kappa shape index (κ2) is 8.34. The van der Waals surface area contributed by atoms with Crippen molar-refractivity contribution in [1.29, 1.82) is 0 Å². The van der Waals surface area contributed by atoms with Crippen molar-refractivity contribution in [3.8, 4) is 17.1 Å². The number of anilines is 1. The quantitative estimate of drug-likeness (QED) is 0.397. The van der Waals surface area contributed by atoms with E-state index in [2.05, 4.69) is 15.2 Å². The van der Waals surface area contributed by atoms with E-state index < -0.39 is 35.6 Å². The second-order valence-electron chi connectivity index (χ2n) is 7.37. The number of halogens is 6. The molecule has 2 heterocycles. The third kappa shape index (κ3) is 4.73. The van der Waals surface area contributed by atoms with Crippen molar-refractivity contribution in [2.24, 2.45) is 0 Å². The van der Waals surface area contributed by atoms with E-state index >= 15 is 0 Å². The number of hydrogen-bond acceptors (Lipinski definition) is 4. The van der Waals surface area contributed by atoms with Gasteiger partial charge in [-0.25, -0.2) is 18.0 Å². The van der Waals surface area contributed by atoms with Gasteiger partial charge in [0.15, 0.2) is 23.2 Å². The van der Waals surface area contributed by atoms with Crippen molar-refractivity contribution in [2.45, 2.75) is 32.3 Å². The van der Waals surface area contributed by atoms with Crippen LogP contribution in [0.5, 0.6) is 5.75 Å². The molecular formula is C21H15F6N3O3. The molecule has 12 heteroatoms. The van der Waals surface area contributed by atoms with E-state index in [1.165, 1.54) is 17.0 Å². The molecule has 0 fully saturated rings. The lowest BCUT2D eigenvalue weighted by molar-refractivity contribution is -0.274. The molecule has 0 bridgehead atoms. The number of benzene rings is 2. The van der Waals surface area contributed by atoms with Crippen molar-refractivity contribution in [1.82, 2.24) is 10.1 Å². The minimum Gasteiger partial charge on any atom is -0.406 e. The van der Waals surface area contributed by atoms with Gasteiger partial charge in [0.05, 0.1) is 12.2 Å². The lowest BCUT2D eigenvalue weighted by atomic mass is 9.97. The summed E-state index contributed by atoms with van der Waals surface area (Å²) in [6, 6.07) is 5.20. The van der Waals surface area contributed by atoms with Crippen LogP contribution in [-0.4, -0.2) is 28.5 Å². The number of rotatable bonds is 3. The smallest absolute Gasteiger partial charge is 0.406 e. The standard InChI is InChI=1S/C21H15F6N3O3/c1-10-6-17-14(9-30(10)20(31)28-12-7-15(22)18(24)16(23)8-12)19(33-29-17)11-2-4-13(5-3-11)32-21(25,26)27/h2-5,7-8,10H,6,9H2,1H3,(H,28,31). The molecule has 1 aromatic heterocycles. The highest BCUT2D eigenvalue weighted by molar-refractivity contribution is 5.90. The van der Waals surface area contributed by atoms with Gasteiger partial charge in [-0.15, -0.1) is 13.2 Å². The van der Waals surface area contributed by atoms with Crippen LogP contribution in [0.4, 0.5) is 36.8 Å². The van der Waals surface area contributed by atoms with Crippen LogP contribution in [0.15, 0.2) is 40.9 Å². The summed E-state index contributed by atoms with van der Waals surface area (Å²) < 4.78 is 86.4. The van der Waals surface area contributed by atoms with Crippen LogP contribution in [0.3, 0.4) is 0 Å². The third-order valence-electron chi connectivity index (χ3n) is 5.06. The van der Waals surface area contributed by atoms with E-state index in [-0.39, 0.29) is 24.0 Å². The van der Waals surface area contributed by atoms with Gasteiger partial charge in [0.25, 0.3) is 0 Å². The summed E-state index contributed by atoms with van der Waals surface area (Å²) in [6.45, 7) is 1.74. The van der Waals surface area contributed by atoms with Crippen molar-refractivity contribution in [3.63, 3.8) is 0 Å². The fraction of sp³-hybridized carbons (Fsp3) is 0.238. The summed E-state index contributed by atoms with van der Waals surface area (Å²) in [7, 11) is 0. The fourth-order valence-corrected chi connectivity index (χ4v) is 3.51. The zero-order valence-corrected chi connectivity index (χ0v) is 16.8. The molecule has 0 saturated carbocycles. The molecule has 2 aromatic carbocycles. The Balaban J connectivity index is 1.55. The predicted octanol–water partition coefficient (Wildman–Crippen LogP) is 5.64. The van der Waals surface area contributed by atoms with Gasteiger partial charge < -0.3 is 19.5 Å². The van der Waals surface area contributed by atoms with E-state index in [0.717, 1.165) is 12.1 Å². The van der Waals surface area contributed by atoms with E-state index in [1.807, 2.05) is 0 Å². The molecule has 1 N–H and O–H groups in total. The van der Waals surface area contributed by atoms with Gasteiger partial charge in [-0.2, -0.15) is 0 Å². The Labute approximate surface area is 182 Å². The van der Waals surface area contributed by atoms with Crippen LogP contribution in [-0.2, 0) is 13.0 Å². The summed E-state index contributed by atoms with van der Waals surface area (Å²) in [5, 5.41) is 6.32. The molecule has 33 heavy (non-hydrogen) atoms. The van der Waals surface area contributed by atoms with Gasteiger partial charge >= 0.3 is 12.4 Å². The molecule has 1 unspecified atom stereocenters. The molecule has 1 aliphatic heterocycles. The number of ether oxygens (including phenoxy) is 1. The summed E-state index contributed by atoms with van der Waals surface area (Å²) in [5.41, 5.74) is 1.25. The minimum atomic E-state index is -4.83. The first-order valence-corrected chi connectivity index (χ1v) is 9.57. The first-order chi connectivity index (χ1) is 15.5. The molecule has 1 aliphatic rings. The normalized spacial score (nSPS) is 15.8. The third-order valence-corrected chi connectivity index (χ3v) is 5.06. The number of nitrogens with zero attached hydrogens (tertiary/aromatic N) is 2. The molecule has 0 radical (unpaired) electrons. The predicted molar refractivity (Wildman–Crippen MR) is 103 cm³/mol. The maximum Gasteiger partial charge on any atom is 0.573 e. The number of urea groups is 1. The maximum absolute atomic E-state index is 13.5. The molecule has 1 atom stereocenters. The molecule has 6 nitrogen and oxygen atoms in total. The number of carbonyl (C=O) groups excluding carboxylic acids is 1. The maximum atomic E-state index is 13.5. The summed E-state index contributed by atoms with van der Waals surface area (Å²) >= 11 is 0. The average molecular weight is 471 g/mol. The number of aromatic nitrogens is 1. The van der Waals surface area contributed by atoms with Crippen LogP contribution >= 0.6 is 0 Å². The Morgan fingerprint density at radius 3 is 2.39 bits per heavy atom. The summed E-state index contributed by atoms with van der Waals surface area (Å²) in [5.74, 6) is -4.69. The number of amides is 2. The van der Waals surface area contributed by atoms with E-state index in [0.29, 0.717) is 35.4 Å². The molecule has 3 aromatic rings. The van der Waals surface area contributed by atoms with Gasteiger partial charge in [0.2, 0.25) is 0 Å². The number of carbonyl (C=O) groups is 1. The Hall–Kier alpha value is -3.70.